The first kappa shape index (κ1) is 12.0. The highest BCUT2D eigenvalue weighted by molar-refractivity contribution is 9.09. The molecule has 1 heterocycles. The average Bonchev–Trinajstić information content (AvgIpc) is 2.71. The lowest BCUT2D eigenvalue weighted by molar-refractivity contribution is -0.384. The molecule has 90 valence electrons. The van der Waals surface area contributed by atoms with Crippen LogP contribution in [0.5, 0.6) is 0 Å². The van der Waals surface area contributed by atoms with Crippen LogP contribution in [0.2, 0.25) is 0 Å². The van der Waals surface area contributed by atoms with Crippen molar-refractivity contribution in [3.8, 4) is 0 Å². The third-order valence-electron chi connectivity index (χ3n) is 2.59. The number of halogens is 1. The third-order valence-corrected chi connectivity index (χ3v) is 3.69. The number of rotatable bonds is 4. The fourth-order valence-corrected chi connectivity index (χ4v) is 1.87. The molecule has 0 fully saturated rings. The van der Waals surface area contributed by atoms with Gasteiger partial charge in [0.15, 0.2) is 0 Å². The van der Waals surface area contributed by atoms with Gasteiger partial charge in [-0.1, -0.05) is 22.9 Å². The average molecular weight is 298 g/mol. The van der Waals surface area contributed by atoms with Crippen LogP contribution in [0, 0.1) is 16.0 Å². The van der Waals surface area contributed by atoms with Crippen LogP contribution in [0.15, 0.2) is 24.4 Å². The van der Waals surface area contributed by atoms with Crippen molar-refractivity contribution in [2.75, 3.05) is 5.33 Å². The zero-order valence-electron chi connectivity index (χ0n) is 9.34. The molecule has 0 spiro atoms. The Kier molecular flexibility index (Phi) is 3.42. The number of aromatic nitrogens is 2. The molecule has 1 atom stereocenters. The van der Waals surface area contributed by atoms with Crippen molar-refractivity contribution in [2.24, 2.45) is 5.92 Å². The van der Waals surface area contributed by atoms with Gasteiger partial charge in [0.2, 0.25) is 0 Å². The highest BCUT2D eigenvalue weighted by Gasteiger charge is 2.11. The van der Waals surface area contributed by atoms with Crippen molar-refractivity contribution in [3.05, 3.63) is 34.5 Å². The van der Waals surface area contributed by atoms with Crippen LogP contribution in [0.25, 0.3) is 10.9 Å². The SMILES string of the molecule is CC(CBr)Cn1ncc2ccc([N+](=O)[O-])cc21. The van der Waals surface area contributed by atoms with Crippen LogP contribution in [-0.2, 0) is 6.54 Å². The molecule has 1 unspecified atom stereocenters. The highest BCUT2D eigenvalue weighted by Crippen LogP contribution is 2.21. The van der Waals surface area contributed by atoms with Crippen molar-refractivity contribution in [1.82, 2.24) is 9.78 Å². The van der Waals surface area contributed by atoms with E-state index in [0.29, 0.717) is 5.92 Å². The van der Waals surface area contributed by atoms with Gasteiger partial charge in [-0.25, -0.2) is 0 Å². The summed E-state index contributed by atoms with van der Waals surface area (Å²) in [7, 11) is 0. The monoisotopic (exact) mass is 297 g/mol. The van der Waals surface area contributed by atoms with Gasteiger partial charge in [-0.15, -0.1) is 0 Å². The Balaban J connectivity index is 2.43. The minimum absolute atomic E-state index is 0.103. The zero-order valence-corrected chi connectivity index (χ0v) is 10.9. The molecular weight excluding hydrogens is 286 g/mol. The summed E-state index contributed by atoms with van der Waals surface area (Å²) in [6.45, 7) is 2.84. The Morgan fingerprint density at radius 2 is 2.35 bits per heavy atom. The number of alkyl halides is 1. The summed E-state index contributed by atoms with van der Waals surface area (Å²) in [5, 5.41) is 16.8. The molecule has 6 heteroatoms. The minimum atomic E-state index is -0.384. The summed E-state index contributed by atoms with van der Waals surface area (Å²) in [4.78, 5) is 10.3. The van der Waals surface area contributed by atoms with Crippen molar-refractivity contribution >= 4 is 32.5 Å². The van der Waals surface area contributed by atoms with Gasteiger partial charge in [0.25, 0.3) is 5.69 Å². The molecule has 0 radical (unpaired) electrons. The second-order valence-electron chi connectivity index (χ2n) is 4.09. The van der Waals surface area contributed by atoms with Crippen molar-refractivity contribution in [2.45, 2.75) is 13.5 Å². The quantitative estimate of drug-likeness (QED) is 0.495. The second kappa shape index (κ2) is 4.83. The molecule has 2 rings (SSSR count). The topological polar surface area (TPSA) is 61.0 Å². The maximum Gasteiger partial charge on any atom is 0.271 e. The summed E-state index contributed by atoms with van der Waals surface area (Å²) in [5.41, 5.74) is 0.915. The number of nitrogens with zero attached hydrogens (tertiary/aromatic N) is 3. The molecule has 2 aromatic rings. The molecule has 1 aromatic heterocycles. The van der Waals surface area contributed by atoms with Gasteiger partial charge in [0, 0.05) is 29.4 Å². The molecule has 0 N–H and O–H groups in total. The molecule has 0 saturated carbocycles. The van der Waals surface area contributed by atoms with Crippen LogP contribution in [0.3, 0.4) is 0 Å². The predicted octanol–water partition coefficient (Wildman–Crippen LogP) is 2.98. The van der Waals surface area contributed by atoms with Crippen LogP contribution < -0.4 is 0 Å². The maximum absolute atomic E-state index is 10.7. The predicted molar refractivity (Wildman–Crippen MR) is 69.3 cm³/mol. The molecule has 1 aromatic carbocycles. The second-order valence-corrected chi connectivity index (χ2v) is 4.73. The van der Waals surface area contributed by atoms with E-state index in [-0.39, 0.29) is 10.6 Å². The Morgan fingerprint density at radius 1 is 1.59 bits per heavy atom. The summed E-state index contributed by atoms with van der Waals surface area (Å²) in [6.07, 6.45) is 1.74. The van der Waals surface area contributed by atoms with Gasteiger partial charge < -0.3 is 0 Å². The van der Waals surface area contributed by atoms with E-state index < -0.39 is 0 Å². The lowest BCUT2D eigenvalue weighted by atomic mass is 10.2. The number of hydrogen-bond acceptors (Lipinski definition) is 3. The highest BCUT2D eigenvalue weighted by atomic mass is 79.9. The number of hydrogen-bond donors (Lipinski definition) is 0. The first-order valence-corrected chi connectivity index (χ1v) is 6.40. The van der Waals surface area contributed by atoms with Gasteiger partial charge >= 0.3 is 0 Å². The summed E-state index contributed by atoms with van der Waals surface area (Å²) in [5.74, 6) is 0.428. The fraction of sp³-hybridized carbons (Fsp3) is 0.364. The third kappa shape index (κ3) is 2.46. The zero-order chi connectivity index (χ0) is 12.4. The Morgan fingerprint density at radius 3 is 3.00 bits per heavy atom. The van der Waals surface area contributed by atoms with Crippen molar-refractivity contribution in [1.29, 1.82) is 0 Å². The van der Waals surface area contributed by atoms with Crippen LogP contribution in [0.1, 0.15) is 6.92 Å². The number of nitro groups is 1. The van der Waals surface area contributed by atoms with E-state index in [1.165, 1.54) is 6.07 Å². The van der Waals surface area contributed by atoms with Gasteiger partial charge in [-0.3, -0.25) is 14.8 Å². The van der Waals surface area contributed by atoms with Crippen LogP contribution in [0.4, 0.5) is 5.69 Å². The van der Waals surface area contributed by atoms with Crippen molar-refractivity contribution in [3.63, 3.8) is 0 Å². The summed E-state index contributed by atoms with van der Waals surface area (Å²) >= 11 is 3.41. The Labute approximate surface area is 107 Å². The normalized spacial score (nSPS) is 12.8. The molecule has 0 saturated heterocycles. The summed E-state index contributed by atoms with van der Waals surface area (Å²) < 4.78 is 1.81. The van der Waals surface area contributed by atoms with E-state index in [1.54, 1.807) is 18.3 Å². The fourth-order valence-electron chi connectivity index (χ4n) is 1.66. The first-order chi connectivity index (χ1) is 8.11. The first-order valence-electron chi connectivity index (χ1n) is 5.27. The number of non-ortho nitro benzene ring substituents is 1. The minimum Gasteiger partial charge on any atom is -0.264 e. The number of nitro benzene ring substituents is 1. The van der Waals surface area contributed by atoms with Crippen LogP contribution >= 0.6 is 15.9 Å². The molecule has 5 nitrogen and oxygen atoms in total. The van der Waals surface area contributed by atoms with E-state index >= 15 is 0 Å². The molecule has 0 amide bonds. The number of benzene rings is 1. The molecular formula is C11H12BrN3O2. The maximum atomic E-state index is 10.7. The molecule has 0 aliphatic rings. The summed E-state index contributed by atoms with van der Waals surface area (Å²) in [6, 6.07) is 4.81. The van der Waals surface area contributed by atoms with Gasteiger partial charge in [-0.05, 0) is 12.0 Å². The van der Waals surface area contributed by atoms with E-state index in [9.17, 15) is 10.1 Å². The standard InChI is InChI=1S/C11H12BrN3O2/c1-8(5-12)7-14-11-4-10(15(16)17)3-2-9(11)6-13-14/h2-4,6,8H,5,7H2,1H3. The smallest absolute Gasteiger partial charge is 0.264 e. The largest absolute Gasteiger partial charge is 0.271 e. The number of fused-ring (bicyclic) bond motifs is 1. The van der Waals surface area contributed by atoms with Crippen molar-refractivity contribution < 1.29 is 4.92 Å². The molecule has 0 aliphatic heterocycles. The Hall–Kier alpha value is -1.43. The lowest BCUT2D eigenvalue weighted by Crippen LogP contribution is -2.09. The molecule has 0 aliphatic carbocycles. The van der Waals surface area contributed by atoms with E-state index in [0.717, 1.165) is 22.8 Å². The van der Waals surface area contributed by atoms with E-state index in [4.69, 9.17) is 0 Å². The Bertz CT molecular complexity index is 553. The van der Waals surface area contributed by atoms with E-state index in [1.807, 2.05) is 4.68 Å². The molecule has 0 bridgehead atoms. The van der Waals surface area contributed by atoms with E-state index in [2.05, 4.69) is 28.0 Å². The van der Waals surface area contributed by atoms with Gasteiger partial charge in [0.05, 0.1) is 16.6 Å². The van der Waals surface area contributed by atoms with Gasteiger partial charge in [0.1, 0.15) is 0 Å². The molecule has 17 heavy (non-hydrogen) atoms. The lowest BCUT2D eigenvalue weighted by Gasteiger charge is -2.08. The van der Waals surface area contributed by atoms with Gasteiger partial charge in [-0.2, -0.15) is 5.10 Å². The van der Waals surface area contributed by atoms with Crippen LogP contribution in [-0.4, -0.2) is 20.0 Å².